The minimum atomic E-state index is -3.74. The Bertz CT molecular complexity index is 532. The van der Waals surface area contributed by atoms with Crippen molar-refractivity contribution in [2.75, 3.05) is 12.3 Å². The zero-order valence-electron chi connectivity index (χ0n) is 10.9. The number of benzene rings is 1. The molecule has 0 bridgehead atoms. The minimum Gasteiger partial charge on any atom is -0.399 e. The highest BCUT2D eigenvalue weighted by Crippen LogP contribution is 2.23. The first-order valence-corrected chi connectivity index (χ1v) is 7.81. The maximum Gasteiger partial charge on any atom is 0.242 e. The molecule has 0 aliphatic rings. The van der Waals surface area contributed by atoms with E-state index in [4.69, 9.17) is 17.3 Å². The third-order valence-corrected chi connectivity index (χ3v) is 4.40. The molecule has 1 aromatic carbocycles. The highest BCUT2D eigenvalue weighted by molar-refractivity contribution is 7.89. The third-order valence-electron chi connectivity index (χ3n) is 2.50. The summed E-state index contributed by atoms with van der Waals surface area (Å²) in [6.45, 7) is 3.87. The van der Waals surface area contributed by atoms with Gasteiger partial charge in [-0.1, -0.05) is 25.4 Å². The van der Waals surface area contributed by atoms with E-state index >= 15 is 0 Å². The van der Waals surface area contributed by atoms with Gasteiger partial charge in [0.15, 0.2) is 0 Å². The highest BCUT2D eigenvalue weighted by Gasteiger charge is 2.19. The zero-order chi connectivity index (χ0) is 14.6. The Labute approximate surface area is 118 Å². The van der Waals surface area contributed by atoms with Crippen molar-refractivity contribution in [2.24, 2.45) is 5.92 Å². The van der Waals surface area contributed by atoms with Crippen LogP contribution in [0.25, 0.3) is 0 Å². The average molecular weight is 307 g/mol. The lowest BCUT2D eigenvalue weighted by Gasteiger charge is -2.14. The molecule has 4 N–H and O–H groups in total. The van der Waals surface area contributed by atoms with E-state index in [-0.39, 0.29) is 16.5 Å². The van der Waals surface area contributed by atoms with Crippen LogP contribution in [0.15, 0.2) is 23.1 Å². The van der Waals surface area contributed by atoms with Crippen molar-refractivity contribution in [1.29, 1.82) is 0 Å². The summed E-state index contributed by atoms with van der Waals surface area (Å²) in [5.74, 6) is 0.291. The van der Waals surface area contributed by atoms with Crippen molar-refractivity contribution in [2.45, 2.75) is 31.3 Å². The van der Waals surface area contributed by atoms with Crippen LogP contribution in [0.3, 0.4) is 0 Å². The number of sulfonamides is 1. The number of rotatable bonds is 6. The van der Waals surface area contributed by atoms with Gasteiger partial charge in [-0.05, 0) is 30.5 Å². The Morgan fingerprint density at radius 2 is 2.05 bits per heavy atom. The maximum atomic E-state index is 12.0. The molecule has 5 nitrogen and oxygen atoms in total. The number of aliphatic hydroxyl groups excluding tert-OH is 1. The number of halogens is 1. The molecule has 1 unspecified atom stereocenters. The first-order chi connectivity index (χ1) is 8.72. The number of nitrogen functional groups attached to an aromatic ring is 1. The van der Waals surface area contributed by atoms with Crippen LogP contribution < -0.4 is 10.5 Å². The van der Waals surface area contributed by atoms with Crippen LogP contribution in [0, 0.1) is 5.92 Å². The molecule has 0 amide bonds. The minimum absolute atomic E-state index is 0.0405. The molecule has 0 fully saturated rings. The Morgan fingerprint density at radius 3 is 2.58 bits per heavy atom. The summed E-state index contributed by atoms with van der Waals surface area (Å²) in [6.07, 6.45) is -0.194. The number of nitrogens with two attached hydrogens (primary N) is 1. The molecule has 1 atom stereocenters. The number of hydrogen-bond donors (Lipinski definition) is 3. The summed E-state index contributed by atoms with van der Waals surface area (Å²) in [5.41, 5.74) is 5.90. The number of hydrogen-bond acceptors (Lipinski definition) is 4. The van der Waals surface area contributed by atoms with E-state index in [1.807, 2.05) is 13.8 Å². The lowest BCUT2D eigenvalue weighted by molar-refractivity contribution is 0.152. The highest BCUT2D eigenvalue weighted by atomic mass is 35.5. The second-order valence-corrected chi connectivity index (χ2v) is 6.97. The maximum absolute atomic E-state index is 12.0. The molecule has 0 saturated carbocycles. The molecular formula is C12H19ClN2O3S. The number of nitrogens with one attached hydrogen (secondary N) is 1. The van der Waals surface area contributed by atoms with Crippen LogP contribution in [0.4, 0.5) is 5.69 Å². The first-order valence-electron chi connectivity index (χ1n) is 5.95. The second kappa shape index (κ2) is 6.56. The molecule has 0 spiro atoms. The fourth-order valence-electron chi connectivity index (χ4n) is 1.65. The molecular weight excluding hydrogens is 288 g/mol. The van der Waals surface area contributed by atoms with Crippen LogP contribution in [0.5, 0.6) is 0 Å². The largest absolute Gasteiger partial charge is 0.399 e. The fourth-order valence-corrected chi connectivity index (χ4v) is 3.27. The van der Waals surface area contributed by atoms with Gasteiger partial charge in [-0.2, -0.15) is 0 Å². The quantitative estimate of drug-likeness (QED) is 0.696. The molecule has 0 radical (unpaired) electrons. The lowest BCUT2D eigenvalue weighted by atomic mass is 10.1. The SMILES string of the molecule is CC(C)CC(O)CNS(=O)(=O)c1ccc(N)cc1Cl. The average Bonchev–Trinajstić information content (AvgIpc) is 2.25. The van der Waals surface area contributed by atoms with Gasteiger partial charge in [0, 0.05) is 12.2 Å². The summed E-state index contributed by atoms with van der Waals surface area (Å²) in [6, 6.07) is 4.18. The molecule has 7 heteroatoms. The Morgan fingerprint density at radius 1 is 1.42 bits per heavy atom. The molecule has 108 valence electrons. The second-order valence-electron chi connectivity index (χ2n) is 4.83. The van der Waals surface area contributed by atoms with Crippen molar-refractivity contribution >= 4 is 27.3 Å². The van der Waals surface area contributed by atoms with Gasteiger partial charge in [0.05, 0.1) is 11.1 Å². The number of aliphatic hydroxyl groups is 1. The third kappa shape index (κ3) is 4.99. The van der Waals surface area contributed by atoms with Crippen molar-refractivity contribution in [3.63, 3.8) is 0 Å². The van der Waals surface area contributed by atoms with E-state index < -0.39 is 16.1 Å². The van der Waals surface area contributed by atoms with Gasteiger partial charge in [0.2, 0.25) is 10.0 Å². The van der Waals surface area contributed by atoms with E-state index in [1.54, 1.807) is 0 Å². The van der Waals surface area contributed by atoms with E-state index in [0.29, 0.717) is 18.0 Å². The van der Waals surface area contributed by atoms with Crippen LogP contribution >= 0.6 is 11.6 Å². The summed E-state index contributed by atoms with van der Waals surface area (Å²) >= 11 is 5.85. The predicted molar refractivity (Wildman–Crippen MR) is 76.5 cm³/mol. The topological polar surface area (TPSA) is 92.4 Å². The van der Waals surface area contributed by atoms with Crippen LogP contribution in [0.2, 0.25) is 5.02 Å². The van der Waals surface area contributed by atoms with Gasteiger partial charge < -0.3 is 10.8 Å². The Balaban J connectivity index is 2.76. The molecule has 1 rings (SSSR count). The molecule has 0 heterocycles. The van der Waals surface area contributed by atoms with E-state index in [0.717, 1.165) is 0 Å². The van der Waals surface area contributed by atoms with E-state index in [1.165, 1.54) is 18.2 Å². The van der Waals surface area contributed by atoms with Crippen LogP contribution in [-0.4, -0.2) is 26.2 Å². The normalized spacial score (nSPS) is 13.7. The summed E-state index contributed by atoms with van der Waals surface area (Å²) in [7, 11) is -3.74. The zero-order valence-corrected chi connectivity index (χ0v) is 12.5. The number of anilines is 1. The van der Waals surface area contributed by atoms with Gasteiger partial charge >= 0.3 is 0 Å². The molecule has 0 aliphatic heterocycles. The summed E-state index contributed by atoms with van der Waals surface area (Å²) in [5, 5.41) is 9.72. The van der Waals surface area contributed by atoms with Crippen molar-refractivity contribution in [1.82, 2.24) is 4.72 Å². The smallest absolute Gasteiger partial charge is 0.242 e. The molecule has 0 aliphatic carbocycles. The van der Waals surface area contributed by atoms with Gasteiger partial charge in [0.25, 0.3) is 0 Å². The fraction of sp³-hybridized carbons (Fsp3) is 0.500. The van der Waals surface area contributed by atoms with E-state index in [9.17, 15) is 13.5 Å². The van der Waals surface area contributed by atoms with Crippen LogP contribution in [0.1, 0.15) is 20.3 Å². The van der Waals surface area contributed by atoms with Crippen LogP contribution in [-0.2, 0) is 10.0 Å². The first kappa shape index (κ1) is 16.2. The Hall–Kier alpha value is -0.820. The van der Waals surface area contributed by atoms with Gasteiger partial charge in [0.1, 0.15) is 4.90 Å². The van der Waals surface area contributed by atoms with Crippen molar-refractivity contribution < 1.29 is 13.5 Å². The van der Waals surface area contributed by atoms with Crippen molar-refractivity contribution in [3.8, 4) is 0 Å². The molecule has 19 heavy (non-hydrogen) atoms. The Kier molecular flexibility index (Phi) is 5.61. The molecule has 0 saturated heterocycles. The summed E-state index contributed by atoms with van der Waals surface area (Å²) in [4.78, 5) is -0.0416. The lowest BCUT2D eigenvalue weighted by Crippen LogP contribution is -2.33. The molecule has 1 aromatic rings. The molecule has 0 aromatic heterocycles. The van der Waals surface area contributed by atoms with Gasteiger partial charge in [-0.25, -0.2) is 13.1 Å². The van der Waals surface area contributed by atoms with Gasteiger partial charge in [-0.3, -0.25) is 0 Å². The van der Waals surface area contributed by atoms with E-state index in [2.05, 4.69) is 4.72 Å². The van der Waals surface area contributed by atoms with Gasteiger partial charge in [-0.15, -0.1) is 0 Å². The standard InChI is InChI=1S/C12H19ClN2O3S/c1-8(2)5-10(16)7-15-19(17,18)12-4-3-9(14)6-11(12)13/h3-4,6,8,10,15-16H,5,7,14H2,1-2H3. The van der Waals surface area contributed by atoms with Crippen molar-refractivity contribution in [3.05, 3.63) is 23.2 Å². The monoisotopic (exact) mass is 306 g/mol. The summed E-state index contributed by atoms with van der Waals surface area (Å²) < 4.78 is 26.4. The predicted octanol–water partition coefficient (Wildman–Crippen LogP) is 1.61.